The van der Waals surface area contributed by atoms with E-state index in [4.69, 9.17) is 11.5 Å². The summed E-state index contributed by atoms with van der Waals surface area (Å²) < 4.78 is 0. The van der Waals surface area contributed by atoms with Crippen molar-refractivity contribution in [2.75, 3.05) is 19.8 Å². The van der Waals surface area contributed by atoms with E-state index in [1.165, 1.54) is 31.2 Å². The van der Waals surface area contributed by atoms with Crippen LogP contribution in [0.2, 0.25) is 0 Å². The fourth-order valence-electron chi connectivity index (χ4n) is 9.43. The first-order valence-electron chi connectivity index (χ1n) is 29.2. The second kappa shape index (κ2) is 36.7. The summed E-state index contributed by atoms with van der Waals surface area (Å²) in [6, 6.07) is 9.25. The molecule has 85 heavy (non-hydrogen) atoms. The number of amides is 9. The van der Waals surface area contributed by atoms with Gasteiger partial charge in [-0.2, -0.15) is 0 Å². The number of carbonyl (C=O) groups excluding carboxylic acids is 9. The number of carboxylic acids is 1. The molecule has 1 aliphatic rings. The Labute approximate surface area is 495 Å². The maximum Gasteiger partial charge on any atom is 0.326 e. The molecule has 0 radical (unpaired) electrons. The number of phenols is 1. The monoisotopic (exact) mass is 1190 g/mol. The third-order valence-electron chi connectivity index (χ3n) is 14.8. The molecule has 466 valence electrons. The number of hydrogen-bond acceptors (Lipinski definition) is 15. The van der Waals surface area contributed by atoms with E-state index in [0.717, 1.165) is 0 Å². The van der Waals surface area contributed by atoms with Crippen molar-refractivity contribution >= 4 is 59.1 Å². The van der Waals surface area contributed by atoms with Gasteiger partial charge >= 0.3 is 5.97 Å². The summed E-state index contributed by atoms with van der Waals surface area (Å²) in [6.07, 6.45) is 3.99. The van der Waals surface area contributed by atoms with Crippen molar-refractivity contribution in [3.05, 3.63) is 102 Å². The molecule has 17 N–H and O–H groups in total. The second-order valence-electron chi connectivity index (χ2n) is 21.6. The fourth-order valence-corrected chi connectivity index (χ4v) is 9.43. The van der Waals surface area contributed by atoms with E-state index in [1.807, 2.05) is 0 Å². The molecule has 1 aliphatic heterocycles. The molecule has 25 heteroatoms. The number of aliphatic hydroxyl groups is 2. The van der Waals surface area contributed by atoms with Crippen LogP contribution in [-0.4, -0.2) is 160 Å². The highest BCUT2D eigenvalue weighted by molar-refractivity contribution is 5.98. The Hall–Kier alpha value is -8.00. The maximum absolute atomic E-state index is 14.7. The zero-order valence-electron chi connectivity index (χ0n) is 48.7. The molecule has 0 saturated carbocycles. The van der Waals surface area contributed by atoms with Gasteiger partial charge in [0.1, 0.15) is 66.2 Å². The SMILES string of the molecule is CC[C@H](C)[C@H](NC(=O)C1CCCCCCCCC(NC(=O)[C@@H](N)CO)C(=O)N[C@@H](CCCCN)C(=O)N[C@@H](Cc2ccc(O)cc2)C(=O)N[C@@H](Cc2ccccc2)C(=O)NC(CO)C(=O)N1)C(=O)N[C@@H](C)C(=O)N[C@@H](Cc1ccccc1)C(=O)O. The molecule has 0 spiro atoms. The highest BCUT2D eigenvalue weighted by Gasteiger charge is 2.36. The van der Waals surface area contributed by atoms with E-state index < -0.39 is 139 Å². The molecule has 25 nitrogen and oxygen atoms in total. The van der Waals surface area contributed by atoms with Crippen LogP contribution in [0.15, 0.2) is 84.9 Å². The van der Waals surface area contributed by atoms with Crippen molar-refractivity contribution in [2.45, 2.75) is 178 Å². The zero-order chi connectivity index (χ0) is 62.4. The molecule has 0 aliphatic carbocycles. The van der Waals surface area contributed by atoms with Gasteiger partial charge < -0.3 is 79.7 Å². The Balaban J connectivity index is 1.69. The maximum atomic E-state index is 14.7. The smallest absolute Gasteiger partial charge is 0.326 e. The average molecular weight is 1190 g/mol. The van der Waals surface area contributed by atoms with Crippen LogP contribution in [0.5, 0.6) is 5.75 Å². The van der Waals surface area contributed by atoms with Crippen LogP contribution in [0.1, 0.15) is 115 Å². The molecule has 9 amide bonds. The van der Waals surface area contributed by atoms with Gasteiger partial charge in [0.15, 0.2) is 0 Å². The van der Waals surface area contributed by atoms with Gasteiger partial charge in [-0.3, -0.25) is 43.2 Å². The van der Waals surface area contributed by atoms with Gasteiger partial charge in [-0.1, -0.05) is 132 Å². The number of phenolic OH excluding ortho intramolecular Hbond substituents is 1. The lowest BCUT2D eigenvalue weighted by molar-refractivity contribution is -0.142. The molecule has 0 aromatic heterocycles. The molecule has 3 aromatic rings. The van der Waals surface area contributed by atoms with Gasteiger partial charge in [-0.05, 0) is 80.3 Å². The minimum absolute atomic E-state index is 0.00196. The number of carboxylic acid groups (broad SMARTS) is 1. The molecular weight excluding hydrogens is 1100 g/mol. The van der Waals surface area contributed by atoms with Crippen LogP contribution in [0.3, 0.4) is 0 Å². The number of benzene rings is 3. The van der Waals surface area contributed by atoms with Crippen LogP contribution >= 0.6 is 0 Å². The largest absolute Gasteiger partial charge is 0.508 e. The van der Waals surface area contributed by atoms with Crippen molar-refractivity contribution in [1.82, 2.24) is 47.9 Å². The quantitative estimate of drug-likeness (QED) is 0.0533. The van der Waals surface area contributed by atoms with Gasteiger partial charge in [-0.15, -0.1) is 0 Å². The molecule has 3 unspecified atom stereocenters. The summed E-state index contributed by atoms with van der Waals surface area (Å²) in [7, 11) is 0. The number of nitrogens with two attached hydrogens (primary N) is 2. The third kappa shape index (κ3) is 23.9. The first-order chi connectivity index (χ1) is 40.7. The van der Waals surface area contributed by atoms with Crippen LogP contribution in [0.4, 0.5) is 0 Å². The normalized spacial score (nSPS) is 21.7. The van der Waals surface area contributed by atoms with Gasteiger partial charge in [-0.25, -0.2) is 4.79 Å². The highest BCUT2D eigenvalue weighted by Crippen LogP contribution is 2.17. The summed E-state index contributed by atoms with van der Waals surface area (Å²) in [5.41, 5.74) is 13.3. The summed E-state index contributed by atoms with van der Waals surface area (Å²) >= 11 is 0. The molecule has 1 heterocycles. The number of nitrogens with one attached hydrogen (secondary N) is 9. The predicted octanol–water partition coefficient (Wildman–Crippen LogP) is -0.491. The lowest BCUT2D eigenvalue weighted by Crippen LogP contribution is -2.61. The van der Waals surface area contributed by atoms with E-state index in [9.17, 15) is 68.4 Å². The zero-order valence-corrected chi connectivity index (χ0v) is 48.7. The standard InChI is InChI=1S/C60H87N11O14/c1-4-36(2)50(59(83)63-37(3)51(75)69-48(60(84)85)33-39-21-13-10-14-22-39)71-55(79)45-24-16-8-6-5-7-15-23-43(64-52(76)42(62)34-72)53(77)65-44(25-17-18-30-61)54(78)67-47(32-40-26-28-41(74)29-27-40)56(80)68-46(31-38-19-11-9-12-20-38)57(81)70-49(35-73)58(82)66-45/h9-14,19-22,26-29,36-37,42-50,72-74H,4-8,15-18,23-25,30-35,61-62H2,1-3H3,(H,63,83)(H,64,76)(H,65,77)(H,66,82)(H,67,78)(H,68,80)(H,69,75)(H,70,81)(H,71,79)(H,84,85)/t36-,37-,42-,43?,44-,45?,46-,47-,48-,49?,50-/m0/s1. The van der Waals surface area contributed by atoms with Gasteiger partial charge in [0.2, 0.25) is 53.2 Å². The molecule has 4 rings (SSSR count). The molecule has 3 aromatic carbocycles. The number of aliphatic hydroxyl groups excluding tert-OH is 2. The molecule has 11 atom stereocenters. The lowest BCUT2D eigenvalue weighted by atomic mass is 9.96. The topological polar surface area (TPSA) is 412 Å². The van der Waals surface area contributed by atoms with E-state index in [2.05, 4.69) is 47.9 Å². The van der Waals surface area contributed by atoms with E-state index >= 15 is 0 Å². The van der Waals surface area contributed by atoms with Crippen LogP contribution in [0.25, 0.3) is 0 Å². The van der Waals surface area contributed by atoms with E-state index in [-0.39, 0.29) is 50.8 Å². The Morgan fingerprint density at radius 1 is 0.600 bits per heavy atom. The first kappa shape index (κ1) is 69.5. The van der Waals surface area contributed by atoms with Crippen LogP contribution in [-0.2, 0) is 67.2 Å². The first-order valence-corrected chi connectivity index (χ1v) is 29.2. The minimum atomic E-state index is -1.70. The Morgan fingerprint density at radius 3 is 1.67 bits per heavy atom. The number of hydrogen-bond donors (Lipinski definition) is 15. The van der Waals surface area contributed by atoms with Crippen molar-refractivity contribution in [3.63, 3.8) is 0 Å². The third-order valence-corrected chi connectivity index (χ3v) is 14.8. The summed E-state index contributed by atoms with van der Waals surface area (Å²) in [5, 5.41) is 64.0. The molecule has 1 saturated heterocycles. The van der Waals surface area contributed by atoms with Crippen molar-refractivity contribution in [3.8, 4) is 5.75 Å². The van der Waals surface area contributed by atoms with Crippen molar-refractivity contribution in [2.24, 2.45) is 17.4 Å². The fraction of sp³-hybridized carbons (Fsp3) is 0.533. The number of aromatic hydroxyl groups is 1. The highest BCUT2D eigenvalue weighted by atomic mass is 16.4. The molecular formula is C60H87N11O14. The van der Waals surface area contributed by atoms with E-state index in [1.54, 1.807) is 74.5 Å². The van der Waals surface area contributed by atoms with Crippen molar-refractivity contribution in [1.29, 1.82) is 0 Å². The van der Waals surface area contributed by atoms with Crippen LogP contribution in [0, 0.1) is 5.92 Å². The second-order valence-corrected chi connectivity index (χ2v) is 21.6. The Morgan fingerprint density at radius 2 is 1.12 bits per heavy atom. The van der Waals surface area contributed by atoms with Crippen molar-refractivity contribution < 1.29 is 68.4 Å². The van der Waals surface area contributed by atoms with Gasteiger partial charge in [0.05, 0.1) is 13.2 Å². The van der Waals surface area contributed by atoms with E-state index in [0.29, 0.717) is 74.5 Å². The number of rotatable bonds is 23. The van der Waals surface area contributed by atoms with Gasteiger partial charge in [0.25, 0.3) is 0 Å². The average Bonchev–Trinajstić information content (AvgIpc) is 3.69. The molecule has 0 bridgehead atoms. The van der Waals surface area contributed by atoms with Crippen LogP contribution < -0.4 is 59.3 Å². The summed E-state index contributed by atoms with van der Waals surface area (Å²) in [4.78, 5) is 139. The Bertz CT molecular complexity index is 2650. The Kier molecular flexibility index (Phi) is 30.0. The number of carbonyl (C=O) groups is 10. The summed E-state index contributed by atoms with van der Waals surface area (Å²) in [5.74, 6) is -9.45. The lowest BCUT2D eigenvalue weighted by Gasteiger charge is -2.29. The molecule has 1 fully saturated rings. The van der Waals surface area contributed by atoms with Gasteiger partial charge in [0, 0.05) is 19.3 Å². The number of aliphatic carboxylic acids is 1. The predicted molar refractivity (Wildman–Crippen MR) is 314 cm³/mol. The minimum Gasteiger partial charge on any atom is -0.508 e. The number of unbranched alkanes of at least 4 members (excludes halogenated alkanes) is 1. The summed E-state index contributed by atoms with van der Waals surface area (Å²) in [6.45, 7) is 3.41.